The zero-order chi connectivity index (χ0) is 6.24. The van der Waals surface area contributed by atoms with Crippen molar-refractivity contribution in [3.63, 3.8) is 0 Å². The van der Waals surface area contributed by atoms with Gasteiger partial charge in [-0.25, -0.2) is 0 Å². The van der Waals surface area contributed by atoms with Crippen LogP contribution in [0.25, 0.3) is 0 Å². The predicted octanol–water partition coefficient (Wildman–Crippen LogP) is 2.00. The van der Waals surface area contributed by atoms with Gasteiger partial charge in [-0.3, -0.25) is 0 Å². The largest absolute Gasteiger partial charge is 0.187 e. The van der Waals surface area contributed by atoms with Crippen molar-refractivity contribution in [1.29, 1.82) is 0 Å². The Kier molecular flexibility index (Phi) is 15.4. The van der Waals surface area contributed by atoms with E-state index in [1.807, 2.05) is 0 Å². The molecule has 1 heteroatoms. The predicted molar refractivity (Wildman–Crippen MR) is 48.7 cm³/mol. The maximum atomic E-state index is 3.78. The molecule has 0 heterocycles. The maximum Gasteiger partial charge on any atom is 0.187 e. The number of unbranched alkanes of at least 4 members (excludes halogenated alkanes) is 5. The van der Waals surface area contributed by atoms with Crippen LogP contribution in [-0.4, -0.2) is 17.4 Å². The summed E-state index contributed by atoms with van der Waals surface area (Å²) < 4.78 is 0. The number of hydrogen-bond donors (Lipinski definition) is 0. The molecule has 0 aliphatic heterocycles. The van der Waals surface area contributed by atoms with E-state index < -0.39 is 0 Å². The lowest BCUT2D eigenvalue weighted by Gasteiger charge is -1.93. The Labute approximate surface area is 70.2 Å². The van der Waals surface area contributed by atoms with E-state index in [1.165, 1.54) is 32.1 Å². The fourth-order valence-corrected chi connectivity index (χ4v) is 0.780. The van der Waals surface area contributed by atoms with E-state index in [2.05, 4.69) is 13.8 Å². The molecule has 0 N–H and O–H groups in total. The summed E-state index contributed by atoms with van der Waals surface area (Å²) in [6.07, 6.45) is 7.98. The van der Waals surface area contributed by atoms with Crippen molar-refractivity contribution in [2.45, 2.75) is 45.4 Å². The van der Waals surface area contributed by atoms with Gasteiger partial charge >= 0.3 is 0 Å². The molecule has 0 rings (SSSR count). The first-order valence-electron chi connectivity index (χ1n) is 3.71. The van der Waals surface area contributed by atoms with Crippen LogP contribution in [-0.2, 0) is 0 Å². The van der Waals surface area contributed by atoms with Crippen molar-refractivity contribution in [3.05, 3.63) is 6.92 Å². The Morgan fingerprint density at radius 1 is 1.00 bits per heavy atom. The van der Waals surface area contributed by atoms with E-state index in [0.29, 0.717) is 0 Å². The van der Waals surface area contributed by atoms with Crippen LogP contribution >= 0.6 is 0 Å². The highest BCUT2D eigenvalue weighted by Gasteiger charge is 1.83. The molecule has 0 aromatic rings. The third kappa shape index (κ3) is 11.9. The molecule has 0 aliphatic carbocycles. The Bertz CT molecular complexity index is 29.5. The zero-order valence-electron chi connectivity index (χ0n) is 5.95. The second kappa shape index (κ2) is 11.3. The molecule has 0 saturated carbocycles. The minimum Gasteiger partial charge on any atom is -0.0654 e. The van der Waals surface area contributed by atoms with Gasteiger partial charge in [0.15, 0.2) is 17.4 Å². The molecular formula is C8H20Al. The van der Waals surface area contributed by atoms with E-state index in [0.717, 1.165) is 6.42 Å². The van der Waals surface area contributed by atoms with Crippen LogP contribution in [0.2, 0.25) is 0 Å². The van der Waals surface area contributed by atoms with Crippen molar-refractivity contribution in [1.82, 2.24) is 0 Å². The monoisotopic (exact) mass is 143 g/mol. The smallest absolute Gasteiger partial charge is 0.0654 e. The molecule has 0 unspecified atom stereocenters. The minimum atomic E-state index is 0. The summed E-state index contributed by atoms with van der Waals surface area (Å²) in [5, 5.41) is 0. The third-order valence-electron chi connectivity index (χ3n) is 1.35. The fraction of sp³-hybridized carbons (Fsp3) is 0.875. The lowest BCUT2D eigenvalue weighted by atomic mass is 10.1. The molecule has 0 aromatic carbocycles. The first-order chi connectivity index (χ1) is 3.91. The van der Waals surface area contributed by atoms with Gasteiger partial charge in [0.05, 0.1) is 0 Å². The average molecular weight is 143 g/mol. The summed E-state index contributed by atoms with van der Waals surface area (Å²) in [5.41, 5.74) is 0. The van der Waals surface area contributed by atoms with Gasteiger partial charge in [-0.1, -0.05) is 52.4 Å². The number of hydrogen-bond acceptors (Lipinski definition) is 0. The molecular weight excluding hydrogens is 123 g/mol. The highest BCUT2D eigenvalue weighted by atomic mass is 27.0. The summed E-state index contributed by atoms with van der Waals surface area (Å²) in [7, 11) is 0. The Hall–Kier alpha value is 0.532. The quantitative estimate of drug-likeness (QED) is 0.408. The van der Waals surface area contributed by atoms with Crippen LogP contribution in [0.1, 0.15) is 45.4 Å². The Balaban J connectivity index is 0. The van der Waals surface area contributed by atoms with E-state index in [4.69, 9.17) is 0 Å². The standard InChI is InChI=1S/C8H17.Al.3H/c1-3-5-7-8-6-4-2;;;;/h1,3-8H2,2H3;;;;. The lowest BCUT2D eigenvalue weighted by Crippen LogP contribution is -1.74. The van der Waals surface area contributed by atoms with Crippen LogP contribution in [0.5, 0.6) is 0 Å². The fourth-order valence-electron chi connectivity index (χ4n) is 0.780. The SMILES string of the molecule is [AlH3].[CH2]CCCCCCC. The highest BCUT2D eigenvalue weighted by Crippen LogP contribution is 2.03. The van der Waals surface area contributed by atoms with Crippen LogP contribution in [0.15, 0.2) is 0 Å². The van der Waals surface area contributed by atoms with Gasteiger partial charge in [-0.2, -0.15) is 0 Å². The zero-order valence-corrected chi connectivity index (χ0v) is 5.95. The summed E-state index contributed by atoms with van der Waals surface area (Å²) in [6, 6.07) is 0. The van der Waals surface area contributed by atoms with Gasteiger partial charge in [0, 0.05) is 0 Å². The van der Waals surface area contributed by atoms with Crippen molar-refractivity contribution in [3.8, 4) is 0 Å². The van der Waals surface area contributed by atoms with Gasteiger partial charge < -0.3 is 0 Å². The molecule has 0 spiro atoms. The Morgan fingerprint density at radius 3 is 2.00 bits per heavy atom. The van der Waals surface area contributed by atoms with Crippen LogP contribution in [0, 0.1) is 6.92 Å². The topological polar surface area (TPSA) is 0 Å². The molecule has 9 heavy (non-hydrogen) atoms. The van der Waals surface area contributed by atoms with Gasteiger partial charge in [0.1, 0.15) is 0 Å². The second-order valence-electron chi connectivity index (χ2n) is 2.27. The Morgan fingerprint density at radius 2 is 1.56 bits per heavy atom. The number of rotatable bonds is 5. The van der Waals surface area contributed by atoms with Gasteiger partial charge in [-0.15, -0.1) is 0 Å². The van der Waals surface area contributed by atoms with Crippen LogP contribution in [0.4, 0.5) is 0 Å². The van der Waals surface area contributed by atoms with Crippen molar-refractivity contribution in [2.75, 3.05) is 0 Å². The lowest BCUT2D eigenvalue weighted by molar-refractivity contribution is 0.637. The molecule has 55 valence electrons. The van der Waals surface area contributed by atoms with Crippen LogP contribution < -0.4 is 0 Å². The summed E-state index contributed by atoms with van der Waals surface area (Å²) >= 11 is 0. The van der Waals surface area contributed by atoms with Gasteiger partial charge in [0.25, 0.3) is 0 Å². The molecule has 0 aromatic heterocycles. The van der Waals surface area contributed by atoms with Gasteiger partial charge in [-0.05, 0) is 0 Å². The summed E-state index contributed by atoms with van der Waals surface area (Å²) in [4.78, 5) is 0. The maximum absolute atomic E-state index is 3.78. The first-order valence-corrected chi connectivity index (χ1v) is 3.71. The second-order valence-corrected chi connectivity index (χ2v) is 2.27. The van der Waals surface area contributed by atoms with Gasteiger partial charge in [0.2, 0.25) is 0 Å². The van der Waals surface area contributed by atoms with E-state index in [-0.39, 0.29) is 17.4 Å². The van der Waals surface area contributed by atoms with E-state index >= 15 is 0 Å². The van der Waals surface area contributed by atoms with Crippen molar-refractivity contribution >= 4 is 17.4 Å². The molecule has 0 bridgehead atoms. The van der Waals surface area contributed by atoms with Crippen LogP contribution in [0.3, 0.4) is 0 Å². The summed E-state index contributed by atoms with van der Waals surface area (Å²) in [6.45, 7) is 6.02. The van der Waals surface area contributed by atoms with E-state index in [1.54, 1.807) is 0 Å². The molecule has 1 radical (unpaired) electrons. The van der Waals surface area contributed by atoms with Crippen molar-refractivity contribution < 1.29 is 0 Å². The van der Waals surface area contributed by atoms with E-state index in [9.17, 15) is 0 Å². The highest BCUT2D eigenvalue weighted by molar-refractivity contribution is 5.75. The molecule has 0 amide bonds. The van der Waals surface area contributed by atoms with Crippen molar-refractivity contribution in [2.24, 2.45) is 0 Å². The summed E-state index contributed by atoms with van der Waals surface area (Å²) in [5.74, 6) is 0. The molecule has 0 nitrogen and oxygen atoms in total. The molecule has 0 fully saturated rings. The first kappa shape index (κ1) is 12.2. The normalized spacial score (nSPS) is 8.67. The minimum absolute atomic E-state index is 0. The third-order valence-corrected chi connectivity index (χ3v) is 1.35. The molecule has 0 saturated heterocycles. The molecule has 0 aliphatic rings. The molecule has 0 atom stereocenters. The average Bonchev–Trinajstić information content (AvgIpc) is 1.81.